The zero-order chi connectivity index (χ0) is 12.8. The van der Waals surface area contributed by atoms with Gasteiger partial charge in [-0.15, -0.1) is 5.10 Å². The molecule has 5 nitrogen and oxygen atoms in total. The molecule has 0 aliphatic carbocycles. The molecular weight excluding hydrogens is 248 g/mol. The van der Waals surface area contributed by atoms with E-state index in [2.05, 4.69) is 26.7 Å². The van der Waals surface area contributed by atoms with Gasteiger partial charge in [-0.2, -0.15) is 0 Å². The average molecular weight is 270 g/mol. The number of aliphatic hydroxyl groups is 1. The second-order valence-corrected chi connectivity index (χ2v) is 5.63. The standard InChI is InChI=1S/C12H22N4OS/c1-2-5-13-12-11(14-15-18-12)8-16-6-3-10(9-17)4-7-16/h10,13,17H,2-9H2,1H3. The van der Waals surface area contributed by atoms with Crippen molar-refractivity contribution in [3.8, 4) is 0 Å². The van der Waals surface area contributed by atoms with E-state index in [0.717, 1.165) is 56.1 Å². The zero-order valence-electron chi connectivity index (χ0n) is 10.9. The Morgan fingerprint density at radius 1 is 1.44 bits per heavy atom. The molecule has 1 aliphatic rings. The third-order valence-electron chi connectivity index (χ3n) is 3.43. The van der Waals surface area contributed by atoms with Gasteiger partial charge >= 0.3 is 0 Å². The molecule has 18 heavy (non-hydrogen) atoms. The first-order valence-electron chi connectivity index (χ1n) is 6.71. The second kappa shape index (κ2) is 7.01. The molecule has 0 amide bonds. The van der Waals surface area contributed by atoms with Crippen molar-refractivity contribution in [2.45, 2.75) is 32.7 Å². The van der Waals surface area contributed by atoms with Gasteiger partial charge in [-0.1, -0.05) is 11.4 Å². The Morgan fingerprint density at radius 3 is 2.89 bits per heavy atom. The van der Waals surface area contributed by atoms with Gasteiger partial charge in [-0.25, -0.2) is 0 Å². The molecule has 0 radical (unpaired) electrons. The minimum Gasteiger partial charge on any atom is -0.396 e. The quantitative estimate of drug-likeness (QED) is 0.821. The summed E-state index contributed by atoms with van der Waals surface area (Å²) in [4.78, 5) is 2.40. The second-order valence-electron chi connectivity index (χ2n) is 4.88. The van der Waals surface area contributed by atoms with Crippen LogP contribution < -0.4 is 5.32 Å². The molecule has 1 aliphatic heterocycles. The van der Waals surface area contributed by atoms with E-state index in [9.17, 15) is 0 Å². The highest BCUT2D eigenvalue weighted by molar-refractivity contribution is 7.10. The van der Waals surface area contributed by atoms with Gasteiger partial charge in [-0.05, 0) is 38.3 Å². The number of anilines is 1. The maximum atomic E-state index is 9.13. The number of rotatable bonds is 6. The Kier molecular flexibility index (Phi) is 5.34. The summed E-state index contributed by atoms with van der Waals surface area (Å²) in [6, 6.07) is 0. The predicted octanol–water partition coefficient (Wildman–Crippen LogP) is 1.56. The van der Waals surface area contributed by atoms with Crippen LogP contribution in [0.15, 0.2) is 0 Å². The number of aliphatic hydroxyl groups excluding tert-OH is 1. The zero-order valence-corrected chi connectivity index (χ0v) is 11.7. The number of hydrogen-bond acceptors (Lipinski definition) is 6. The molecule has 1 fully saturated rings. The largest absolute Gasteiger partial charge is 0.396 e. The van der Waals surface area contributed by atoms with Crippen LogP contribution in [0.5, 0.6) is 0 Å². The number of hydrogen-bond donors (Lipinski definition) is 2. The summed E-state index contributed by atoms with van der Waals surface area (Å²) < 4.78 is 4.03. The molecule has 0 bridgehead atoms. The van der Waals surface area contributed by atoms with Crippen molar-refractivity contribution in [2.24, 2.45) is 5.92 Å². The lowest BCUT2D eigenvalue weighted by Crippen LogP contribution is -2.34. The molecule has 0 saturated carbocycles. The van der Waals surface area contributed by atoms with E-state index in [1.165, 1.54) is 11.5 Å². The molecule has 1 aromatic rings. The maximum Gasteiger partial charge on any atom is 0.134 e. The third kappa shape index (κ3) is 3.63. The Balaban J connectivity index is 1.84. The maximum absolute atomic E-state index is 9.13. The van der Waals surface area contributed by atoms with Crippen LogP contribution in [0.3, 0.4) is 0 Å². The fraction of sp³-hybridized carbons (Fsp3) is 0.833. The topological polar surface area (TPSA) is 61.3 Å². The summed E-state index contributed by atoms with van der Waals surface area (Å²) in [5.74, 6) is 0.493. The Labute approximate surface area is 112 Å². The van der Waals surface area contributed by atoms with E-state index in [-0.39, 0.29) is 0 Å². The number of nitrogens with one attached hydrogen (secondary N) is 1. The molecule has 0 unspecified atom stereocenters. The molecule has 0 atom stereocenters. The Bertz CT molecular complexity index is 350. The SMILES string of the molecule is CCCNc1snnc1CN1CCC(CO)CC1. The highest BCUT2D eigenvalue weighted by atomic mass is 32.1. The number of aromatic nitrogens is 2. The third-order valence-corrected chi connectivity index (χ3v) is 4.16. The first-order chi connectivity index (χ1) is 8.83. The van der Waals surface area contributed by atoms with Gasteiger partial charge in [0.05, 0.1) is 0 Å². The van der Waals surface area contributed by atoms with Crippen LogP contribution in [0, 0.1) is 5.92 Å². The summed E-state index contributed by atoms with van der Waals surface area (Å²) in [5.41, 5.74) is 1.07. The average Bonchev–Trinajstić information content (AvgIpc) is 2.84. The van der Waals surface area contributed by atoms with E-state index in [4.69, 9.17) is 5.11 Å². The van der Waals surface area contributed by atoms with Crippen molar-refractivity contribution >= 4 is 16.5 Å². The van der Waals surface area contributed by atoms with Crippen LogP contribution in [0.1, 0.15) is 31.9 Å². The lowest BCUT2D eigenvalue weighted by atomic mass is 9.98. The van der Waals surface area contributed by atoms with E-state index < -0.39 is 0 Å². The summed E-state index contributed by atoms with van der Waals surface area (Å²) in [7, 11) is 0. The smallest absolute Gasteiger partial charge is 0.134 e. The van der Waals surface area contributed by atoms with Gasteiger partial charge in [-0.3, -0.25) is 4.90 Å². The Hall–Kier alpha value is -0.720. The molecule has 1 aromatic heterocycles. The van der Waals surface area contributed by atoms with Crippen LogP contribution in [-0.4, -0.2) is 45.8 Å². The van der Waals surface area contributed by atoms with Gasteiger partial charge < -0.3 is 10.4 Å². The highest BCUT2D eigenvalue weighted by Crippen LogP contribution is 2.22. The lowest BCUT2D eigenvalue weighted by Gasteiger charge is -2.30. The van der Waals surface area contributed by atoms with Crippen LogP contribution in [-0.2, 0) is 6.54 Å². The first-order valence-corrected chi connectivity index (χ1v) is 7.49. The monoisotopic (exact) mass is 270 g/mol. The number of nitrogens with zero attached hydrogens (tertiary/aromatic N) is 3. The minimum absolute atomic E-state index is 0.329. The van der Waals surface area contributed by atoms with Gasteiger partial charge in [0, 0.05) is 31.2 Å². The van der Waals surface area contributed by atoms with Crippen molar-refractivity contribution < 1.29 is 5.11 Å². The van der Waals surface area contributed by atoms with Gasteiger partial charge in [0.25, 0.3) is 0 Å². The van der Waals surface area contributed by atoms with Crippen LogP contribution in [0.25, 0.3) is 0 Å². The molecule has 6 heteroatoms. The highest BCUT2D eigenvalue weighted by Gasteiger charge is 2.20. The lowest BCUT2D eigenvalue weighted by molar-refractivity contribution is 0.126. The van der Waals surface area contributed by atoms with E-state index in [1.807, 2.05) is 0 Å². The fourth-order valence-electron chi connectivity index (χ4n) is 2.22. The minimum atomic E-state index is 0.329. The normalized spacial score (nSPS) is 18.1. The summed E-state index contributed by atoms with van der Waals surface area (Å²) in [6.45, 7) is 6.44. The number of piperidine rings is 1. The molecule has 2 rings (SSSR count). The van der Waals surface area contributed by atoms with Crippen molar-refractivity contribution in [1.29, 1.82) is 0 Å². The van der Waals surface area contributed by atoms with Crippen LogP contribution >= 0.6 is 11.5 Å². The van der Waals surface area contributed by atoms with Crippen molar-refractivity contribution in [3.05, 3.63) is 5.69 Å². The molecule has 0 aromatic carbocycles. The van der Waals surface area contributed by atoms with Crippen molar-refractivity contribution in [3.63, 3.8) is 0 Å². The van der Waals surface area contributed by atoms with E-state index in [1.54, 1.807) is 0 Å². The van der Waals surface area contributed by atoms with Crippen LogP contribution in [0.2, 0.25) is 0 Å². The summed E-state index contributed by atoms with van der Waals surface area (Å²) in [5, 5.41) is 17.8. The first kappa shape index (κ1) is 13.7. The van der Waals surface area contributed by atoms with Crippen molar-refractivity contribution in [2.75, 3.05) is 31.6 Å². The molecule has 0 spiro atoms. The molecule has 1 saturated heterocycles. The van der Waals surface area contributed by atoms with Gasteiger partial charge in [0.1, 0.15) is 10.7 Å². The summed E-state index contributed by atoms with van der Waals surface area (Å²) >= 11 is 1.44. The van der Waals surface area contributed by atoms with Crippen LogP contribution in [0.4, 0.5) is 5.00 Å². The molecular formula is C12H22N4OS. The fourth-order valence-corrected chi connectivity index (χ4v) is 2.82. The summed E-state index contributed by atoms with van der Waals surface area (Å²) in [6.07, 6.45) is 3.29. The van der Waals surface area contributed by atoms with E-state index >= 15 is 0 Å². The predicted molar refractivity (Wildman–Crippen MR) is 73.8 cm³/mol. The Morgan fingerprint density at radius 2 is 2.22 bits per heavy atom. The molecule has 102 valence electrons. The molecule has 2 heterocycles. The van der Waals surface area contributed by atoms with E-state index in [0.29, 0.717) is 12.5 Å². The van der Waals surface area contributed by atoms with Gasteiger partial charge in [0.2, 0.25) is 0 Å². The number of likely N-dealkylation sites (tertiary alicyclic amines) is 1. The molecule has 2 N–H and O–H groups in total. The van der Waals surface area contributed by atoms with Crippen molar-refractivity contribution in [1.82, 2.24) is 14.5 Å². The van der Waals surface area contributed by atoms with Gasteiger partial charge in [0.15, 0.2) is 0 Å².